The van der Waals surface area contributed by atoms with E-state index < -0.39 is 47.0 Å². The van der Waals surface area contributed by atoms with Gasteiger partial charge in [-0.05, 0) is 12.1 Å². The Bertz CT molecular complexity index is 969. The van der Waals surface area contributed by atoms with Crippen molar-refractivity contribution in [2.45, 2.75) is 9.79 Å². The molecule has 2 rings (SSSR count). The largest absolute Gasteiger partial charge is 0.398 e. The monoisotopic (exact) mass is 335 g/mol. The summed E-state index contributed by atoms with van der Waals surface area (Å²) in [5, 5.41) is 2.17. The van der Waals surface area contributed by atoms with Crippen molar-refractivity contribution in [1.29, 1.82) is 0 Å². The number of rotatable bonds is 3. The maximum atomic E-state index is 11.3. The Morgan fingerprint density at radius 1 is 1.05 bits per heavy atom. The average molecular weight is 335 g/mol. The number of hydrogen-bond donors (Lipinski definition) is 4. The minimum absolute atomic E-state index is 0.401. The van der Waals surface area contributed by atoms with Crippen molar-refractivity contribution in [3.63, 3.8) is 0 Å². The van der Waals surface area contributed by atoms with E-state index in [0.29, 0.717) is 12.1 Å². The van der Waals surface area contributed by atoms with Crippen LogP contribution in [0.25, 0.3) is 5.69 Å². The second-order valence-corrected chi connectivity index (χ2v) is 6.75. The molecule has 0 aliphatic carbocycles. The Hall–Kier alpha value is -2.15. The maximum Gasteiger partial charge on any atom is 0.296 e. The van der Waals surface area contributed by atoms with Gasteiger partial charge in [-0.2, -0.15) is 16.8 Å². The third-order valence-electron chi connectivity index (χ3n) is 2.51. The molecule has 5 N–H and O–H groups in total. The lowest BCUT2D eigenvalue weighted by Gasteiger charge is -2.11. The zero-order chi connectivity index (χ0) is 16.0. The van der Waals surface area contributed by atoms with Crippen LogP contribution < -0.4 is 11.3 Å². The van der Waals surface area contributed by atoms with Crippen LogP contribution in [0.2, 0.25) is 0 Å². The Balaban J connectivity index is 2.92. The molecule has 12 heteroatoms. The zero-order valence-corrected chi connectivity index (χ0v) is 11.7. The summed E-state index contributed by atoms with van der Waals surface area (Å²) in [5.41, 5.74) is 3.78. The van der Waals surface area contributed by atoms with Gasteiger partial charge in [0.2, 0.25) is 0 Å². The number of aromatic amines is 1. The molecule has 114 valence electrons. The van der Waals surface area contributed by atoms with Gasteiger partial charge in [0, 0.05) is 12.3 Å². The van der Waals surface area contributed by atoms with Crippen LogP contribution in [0, 0.1) is 0 Å². The van der Waals surface area contributed by atoms with E-state index in [1.54, 1.807) is 0 Å². The highest BCUT2D eigenvalue weighted by Gasteiger charge is 2.24. The molecule has 10 nitrogen and oxygen atoms in total. The molecule has 0 unspecified atom stereocenters. The van der Waals surface area contributed by atoms with Crippen molar-refractivity contribution in [3.05, 3.63) is 34.7 Å². The van der Waals surface area contributed by atoms with E-state index in [1.807, 2.05) is 0 Å². The summed E-state index contributed by atoms with van der Waals surface area (Å²) < 4.78 is 64.1. The van der Waals surface area contributed by atoms with Crippen LogP contribution >= 0.6 is 0 Å². The second-order valence-electron chi connectivity index (χ2n) is 3.97. The fraction of sp³-hybridized carbons (Fsp3) is 0. The zero-order valence-electron chi connectivity index (χ0n) is 10.1. The Kier molecular flexibility index (Phi) is 3.41. The summed E-state index contributed by atoms with van der Waals surface area (Å²) in [6.45, 7) is 0. The third kappa shape index (κ3) is 2.97. The smallest absolute Gasteiger partial charge is 0.296 e. The SMILES string of the molecule is Nc1cc(S(=O)(=O)O)c(-n2ccc(=O)[nH]2)cc1S(=O)(=O)O. The molecule has 0 aliphatic heterocycles. The van der Waals surface area contributed by atoms with Gasteiger partial charge in [0.15, 0.2) is 0 Å². The van der Waals surface area contributed by atoms with Crippen LogP contribution in [0.1, 0.15) is 0 Å². The van der Waals surface area contributed by atoms with Crippen molar-refractivity contribution >= 4 is 25.9 Å². The number of nitrogens with zero attached hydrogens (tertiary/aromatic N) is 1. The molecule has 0 spiro atoms. The quantitative estimate of drug-likeness (QED) is 0.418. The fourth-order valence-electron chi connectivity index (χ4n) is 1.66. The maximum absolute atomic E-state index is 11.3. The fourth-order valence-corrected chi connectivity index (χ4v) is 2.97. The normalized spacial score (nSPS) is 12.5. The highest BCUT2D eigenvalue weighted by atomic mass is 32.2. The summed E-state index contributed by atoms with van der Waals surface area (Å²) in [6, 6.07) is 2.41. The number of aromatic nitrogens is 2. The number of hydrogen-bond acceptors (Lipinski definition) is 6. The van der Waals surface area contributed by atoms with Gasteiger partial charge in [-0.3, -0.25) is 23.7 Å². The average Bonchev–Trinajstić information content (AvgIpc) is 2.72. The summed E-state index contributed by atoms with van der Waals surface area (Å²) in [6.07, 6.45) is 1.11. The summed E-state index contributed by atoms with van der Waals surface area (Å²) >= 11 is 0. The Morgan fingerprint density at radius 3 is 2.05 bits per heavy atom. The molecule has 1 aromatic heterocycles. The van der Waals surface area contributed by atoms with Gasteiger partial charge in [-0.1, -0.05) is 0 Å². The lowest BCUT2D eigenvalue weighted by atomic mass is 10.3. The molecule has 0 fully saturated rings. The molecule has 0 radical (unpaired) electrons. The summed E-state index contributed by atoms with van der Waals surface area (Å²) in [4.78, 5) is 9.59. The molecular weight excluding hydrogens is 326 g/mol. The highest BCUT2D eigenvalue weighted by molar-refractivity contribution is 7.86. The predicted molar refractivity (Wildman–Crippen MR) is 70.4 cm³/mol. The lowest BCUT2D eigenvalue weighted by molar-refractivity contribution is 0.478. The van der Waals surface area contributed by atoms with E-state index in [1.165, 1.54) is 0 Å². The standard InChI is InChI=1S/C9H9N3O7S2/c10-5-3-8(21(17,18)19)6(4-7(5)20(14,15)16)12-2-1-9(13)11-12/h1-4H,10H2,(H,11,13)(H,14,15,16)(H,17,18,19). The number of H-pyrrole nitrogens is 1. The van der Waals surface area contributed by atoms with Crippen LogP contribution in [0.15, 0.2) is 39.0 Å². The summed E-state index contributed by atoms with van der Waals surface area (Å²) in [5.74, 6) is 0. The van der Waals surface area contributed by atoms with E-state index in [9.17, 15) is 21.6 Å². The van der Waals surface area contributed by atoms with Crippen molar-refractivity contribution in [2.24, 2.45) is 0 Å². The number of anilines is 1. The molecule has 1 heterocycles. The summed E-state index contributed by atoms with van der Waals surface area (Å²) in [7, 11) is -9.48. The predicted octanol–water partition coefficient (Wildman–Crippen LogP) is -0.759. The molecule has 0 bridgehead atoms. The molecule has 0 atom stereocenters. The highest BCUT2D eigenvalue weighted by Crippen LogP contribution is 2.28. The van der Waals surface area contributed by atoms with Crippen molar-refractivity contribution in [1.82, 2.24) is 9.78 Å². The molecular formula is C9H9N3O7S2. The number of nitrogens with two attached hydrogens (primary N) is 1. The molecule has 0 amide bonds. The van der Waals surface area contributed by atoms with Gasteiger partial charge in [-0.25, -0.2) is 0 Å². The molecule has 0 saturated carbocycles. The molecule has 21 heavy (non-hydrogen) atoms. The number of benzene rings is 1. The molecule has 0 saturated heterocycles. The van der Waals surface area contributed by atoms with Gasteiger partial charge < -0.3 is 5.73 Å². The third-order valence-corrected chi connectivity index (χ3v) is 4.30. The Labute approximate surface area is 118 Å². The minimum Gasteiger partial charge on any atom is -0.398 e. The minimum atomic E-state index is -4.76. The first kappa shape index (κ1) is 15.2. The van der Waals surface area contributed by atoms with E-state index >= 15 is 0 Å². The van der Waals surface area contributed by atoms with Crippen LogP contribution in [0.3, 0.4) is 0 Å². The van der Waals surface area contributed by atoms with Crippen LogP contribution in [0.4, 0.5) is 5.69 Å². The van der Waals surface area contributed by atoms with E-state index in [0.717, 1.165) is 16.9 Å². The van der Waals surface area contributed by atoms with Gasteiger partial charge in [0.05, 0.1) is 11.4 Å². The van der Waals surface area contributed by atoms with E-state index in [4.69, 9.17) is 14.8 Å². The molecule has 1 aromatic carbocycles. The first-order valence-corrected chi connectivity index (χ1v) is 8.05. The second kappa shape index (κ2) is 4.70. The Morgan fingerprint density at radius 2 is 1.62 bits per heavy atom. The van der Waals surface area contributed by atoms with Crippen LogP contribution in [-0.4, -0.2) is 35.7 Å². The van der Waals surface area contributed by atoms with Crippen LogP contribution in [0.5, 0.6) is 0 Å². The van der Waals surface area contributed by atoms with E-state index in [2.05, 4.69) is 5.10 Å². The van der Waals surface area contributed by atoms with Crippen LogP contribution in [-0.2, 0) is 20.2 Å². The number of nitrogens with one attached hydrogen (secondary N) is 1. The van der Waals surface area contributed by atoms with Gasteiger partial charge >= 0.3 is 0 Å². The van der Waals surface area contributed by atoms with E-state index in [-0.39, 0.29) is 0 Å². The lowest BCUT2D eigenvalue weighted by Crippen LogP contribution is -2.12. The van der Waals surface area contributed by atoms with Crippen molar-refractivity contribution in [3.8, 4) is 5.69 Å². The molecule has 0 aliphatic rings. The first-order valence-electron chi connectivity index (χ1n) is 5.16. The number of nitrogen functional groups attached to an aromatic ring is 1. The van der Waals surface area contributed by atoms with Gasteiger partial charge in [-0.15, -0.1) is 0 Å². The van der Waals surface area contributed by atoms with Crippen molar-refractivity contribution < 1.29 is 25.9 Å². The molecule has 2 aromatic rings. The first-order chi connectivity index (χ1) is 9.50. The van der Waals surface area contributed by atoms with Gasteiger partial charge in [0.25, 0.3) is 25.8 Å². The topological polar surface area (TPSA) is 173 Å². The van der Waals surface area contributed by atoms with Crippen molar-refractivity contribution in [2.75, 3.05) is 5.73 Å². The van der Waals surface area contributed by atoms with Gasteiger partial charge in [0.1, 0.15) is 9.79 Å².